The van der Waals surface area contributed by atoms with Crippen LogP contribution in [0.4, 0.5) is 5.95 Å². The van der Waals surface area contributed by atoms with Crippen LogP contribution in [0.25, 0.3) is 0 Å². The lowest BCUT2D eigenvalue weighted by Crippen LogP contribution is -2.43. The van der Waals surface area contributed by atoms with E-state index in [4.69, 9.17) is 5.11 Å². The Morgan fingerprint density at radius 1 is 1.53 bits per heavy atom. The quantitative estimate of drug-likeness (QED) is 0.678. The van der Waals surface area contributed by atoms with Crippen LogP contribution in [0.1, 0.15) is 23.0 Å². The third-order valence-corrected chi connectivity index (χ3v) is 2.49. The van der Waals surface area contributed by atoms with E-state index >= 15 is 0 Å². The molecule has 7 nitrogen and oxygen atoms in total. The smallest absolute Gasteiger partial charge is 0.339 e. The maximum atomic E-state index is 10.8. The standard InChI is InChI=1S/C12H20N4O3/c1-8-9(10(17)18)5-13-11(15-8)14-6-12(2,19)7-16(3)4/h5,19H,6-7H2,1-4H3,(H,17,18)(H,13,14,15). The Hall–Kier alpha value is -1.73. The fourth-order valence-electron chi connectivity index (χ4n) is 1.77. The number of aliphatic hydroxyl groups is 1. The zero-order chi connectivity index (χ0) is 14.6. The summed E-state index contributed by atoms with van der Waals surface area (Å²) in [6.07, 6.45) is 1.26. The topological polar surface area (TPSA) is 98.6 Å². The molecule has 0 fully saturated rings. The van der Waals surface area contributed by atoms with Gasteiger partial charge in [0.2, 0.25) is 5.95 Å². The van der Waals surface area contributed by atoms with Crippen LogP contribution in [0.15, 0.2) is 6.20 Å². The van der Waals surface area contributed by atoms with E-state index in [0.717, 1.165) is 0 Å². The van der Waals surface area contributed by atoms with E-state index in [1.54, 1.807) is 13.8 Å². The molecule has 0 bridgehead atoms. The van der Waals surface area contributed by atoms with E-state index in [1.807, 2.05) is 19.0 Å². The third kappa shape index (κ3) is 4.80. The number of hydrogen-bond acceptors (Lipinski definition) is 6. The van der Waals surface area contributed by atoms with Crippen molar-refractivity contribution in [1.82, 2.24) is 14.9 Å². The second-order valence-electron chi connectivity index (χ2n) is 5.09. The van der Waals surface area contributed by atoms with Crippen molar-refractivity contribution in [3.63, 3.8) is 0 Å². The van der Waals surface area contributed by atoms with Gasteiger partial charge in [0.15, 0.2) is 0 Å². The van der Waals surface area contributed by atoms with Gasteiger partial charge in [-0.3, -0.25) is 0 Å². The molecule has 0 saturated heterocycles. The predicted octanol–water partition coefficient (Wildman–Crippen LogP) is 0.208. The molecule has 1 unspecified atom stereocenters. The largest absolute Gasteiger partial charge is 0.478 e. The SMILES string of the molecule is Cc1nc(NCC(C)(O)CN(C)C)ncc1C(=O)O. The Labute approximate surface area is 112 Å². The summed E-state index contributed by atoms with van der Waals surface area (Å²) in [5.74, 6) is -0.745. The van der Waals surface area contributed by atoms with Gasteiger partial charge < -0.3 is 20.4 Å². The van der Waals surface area contributed by atoms with Crippen molar-refractivity contribution in [1.29, 1.82) is 0 Å². The number of carboxylic acid groups (broad SMARTS) is 1. The summed E-state index contributed by atoms with van der Waals surface area (Å²) in [6, 6.07) is 0. The maximum absolute atomic E-state index is 10.8. The number of likely N-dealkylation sites (N-methyl/N-ethyl adjacent to an activating group) is 1. The van der Waals surface area contributed by atoms with Crippen molar-refractivity contribution in [2.45, 2.75) is 19.4 Å². The van der Waals surface area contributed by atoms with Crippen molar-refractivity contribution in [3.8, 4) is 0 Å². The average Bonchev–Trinajstić information content (AvgIpc) is 2.24. The van der Waals surface area contributed by atoms with Gasteiger partial charge in [-0.15, -0.1) is 0 Å². The minimum absolute atomic E-state index is 0.0746. The number of aromatic nitrogens is 2. The molecule has 0 aliphatic rings. The van der Waals surface area contributed by atoms with E-state index in [9.17, 15) is 9.90 Å². The van der Waals surface area contributed by atoms with Gasteiger partial charge in [-0.25, -0.2) is 14.8 Å². The van der Waals surface area contributed by atoms with Gasteiger partial charge in [0.05, 0.1) is 16.9 Å². The van der Waals surface area contributed by atoms with Gasteiger partial charge in [0.1, 0.15) is 0 Å². The minimum Gasteiger partial charge on any atom is -0.478 e. The highest BCUT2D eigenvalue weighted by atomic mass is 16.4. The molecule has 0 aromatic carbocycles. The molecule has 0 aliphatic heterocycles. The molecule has 0 radical (unpaired) electrons. The first kappa shape index (κ1) is 15.3. The lowest BCUT2D eigenvalue weighted by molar-refractivity contribution is 0.0458. The first-order valence-electron chi connectivity index (χ1n) is 5.89. The van der Waals surface area contributed by atoms with E-state index in [0.29, 0.717) is 18.2 Å². The van der Waals surface area contributed by atoms with Crippen molar-refractivity contribution in [2.24, 2.45) is 0 Å². The highest BCUT2D eigenvalue weighted by Gasteiger charge is 2.21. The Morgan fingerprint density at radius 3 is 2.63 bits per heavy atom. The number of nitrogens with one attached hydrogen (secondary N) is 1. The Morgan fingerprint density at radius 2 is 2.16 bits per heavy atom. The lowest BCUT2D eigenvalue weighted by Gasteiger charge is -2.27. The van der Waals surface area contributed by atoms with Crippen LogP contribution >= 0.6 is 0 Å². The molecule has 1 aromatic rings. The Balaban J connectivity index is 2.69. The molecule has 7 heteroatoms. The number of aryl methyl sites for hydroxylation is 1. The summed E-state index contributed by atoms with van der Waals surface area (Å²) in [4.78, 5) is 20.7. The van der Waals surface area contributed by atoms with Crippen LogP contribution in [0.3, 0.4) is 0 Å². The van der Waals surface area contributed by atoms with Crippen LogP contribution in [-0.4, -0.2) is 63.8 Å². The minimum atomic E-state index is -1.05. The molecule has 3 N–H and O–H groups in total. The van der Waals surface area contributed by atoms with Crippen LogP contribution in [0.5, 0.6) is 0 Å². The average molecular weight is 268 g/mol. The number of aromatic carboxylic acids is 1. The van der Waals surface area contributed by atoms with E-state index in [-0.39, 0.29) is 12.1 Å². The number of carbonyl (C=O) groups is 1. The third-order valence-electron chi connectivity index (χ3n) is 2.49. The molecule has 0 amide bonds. The van der Waals surface area contributed by atoms with Crippen molar-refractivity contribution in [3.05, 3.63) is 17.5 Å². The monoisotopic (exact) mass is 268 g/mol. The molecule has 106 valence electrons. The number of carboxylic acids is 1. The van der Waals surface area contributed by atoms with Gasteiger partial charge >= 0.3 is 5.97 Å². The molecule has 1 atom stereocenters. The molecule has 1 aromatic heterocycles. The first-order chi connectivity index (χ1) is 8.71. The summed E-state index contributed by atoms with van der Waals surface area (Å²) < 4.78 is 0. The fourth-order valence-corrected chi connectivity index (χ4v) is 1.77. The Kier molecular flexibility index (Phi) is 4.79. The summed E-state index contributed by atoms with van der Waals surface area (Å²) >= 11 is 0. The summed E-state index contributed by atoms with van der Waals surface area (Å²) in [5, 5.41) is 21.9. The number of rotatable bonds is 6. The van der Waals surface area contributed by atoms with Gasteiger partial charge in [-0.05, 0) is 27.9 Å². The zero-order valence-electron chi connectivity index (χ0n) is 11.6. The first-order valence-corrected chi connectivity index (χ1v) is 5.89. The van der Waals surface area contributed by atoms with Crippen LogP contribution < -0.4 is 5.32 Å². The molecule has 1 rings (SSSR count). The number of hydrogen-bond donors (Lipinski definition) is 3. The summed E-state index contributed by atoms with van der Waals surface area (Å²) in [5.41, 5.74) is -0.463. The second-order valence-corrected chi connectivity index (χ2v) is 5.09. The Bertz CT molecular complexity index is 460. The fraction of sp³-hybridized carbons (Fsp3) is 0.583. The van der Waals surface area contributed by atoms with Gasteiger partial charge in [-0.2, -0.15) is 0 Å². The maximum Gasteiger partial charge on any atom is 0.339 e. The van der Waals surface area contributed by atoms with Crippen LogP contribution in [0, 0.1) is 6.92 Å². The van der Waals surface area contributed by atoms with E-state index in [2.05, 4.69) is 15.3 Å². The molecular weight excluding hydrogens is 248 g/mol. The highest BCUT2D eigenvalue weighted by molar-refractivity contribution is 5.88. The van der Waals surface area contributed by atoms with Gasteiger partial charge in [0.25, 0.3) is 0 Å². The molecule has 1 heterocycles. The molecule has 19 heavy (non-hydrogen) atoms. The molecule has 0 aliphatic carbocycles. The van der Waals surface area contributed by atoms with Crippen molar-refractivity contribution in [2.75, 3.05) is 32.5 Å². The van der Waals surface area contributed by atoms with Gasteiger partial charge in [-0.1, -0.05) is 0 Å². The van der Waals surface area contributed by atoms with Crippen LogP contribution in [0.2, 0.25) is 0 Å². The predicted molar refractivity (Wildman–Crippen MR) is 71.4 cm³/mol. The van der Waals surface area contributed by atoms with Crippen molar-refractivity contribution >= 4 is 11.9 Å². The van der Waals surface area contributed by atoms with Crippen LogP contribution in [-0.2, 0) is 0 Å². The second kappa shape index (κ2) is 5.94. The highest BCUT2D eigenvalue weighted by Crippen LogP contribution is 2.09. The van der Waals surface area contributed by atoms with E-state index < -0.39 is 11.6 Å². The number of anilines is 1. The normalized spacial score (nSPS) is 14.2. The van der Waals surface area contributed by atoms with E-state index in [1.165, 1.54) is 6.20 Å². The lowest BCUT2D eigenvalue weighted by atomic mass is 10.1. The number of nitrogens with zero attached hydrogens (tertiary/aromatic N) is 3. The molecule has 0 saturated carbocycles. The molecule has 0 spiro atoms. The zero-order valence-corrected chi connectivity index (χ0v) is 11.6. The molecular formula is C12H20N4O3. The summed E-state index contributed by atoms with van der Waals surface area (Å²) in [6.45, 7) is 4.08. The van der Waals surface area contributed by atoms with Gasteiger partial charge in [0, 0.05) is 19.3 Å². The summed E-state index contributed by atoms with van der Waals surface area (Å²) in [7, 11) is 3.74. The van der Waals surface area contributed by atoms with Crippen molar-refractivity contribution < 1.29 is 15.0 Å².